The highest BCUT2D eigenvalue weighted by Gasteiger charge is 2.38. The summed E-state index contributed by atoms with van der Waals surface area (Å²) < 4.78 is 0. The molecule has 4 heteroatoms. The number of aryl methyl sites for hydroxylation is 2. The minimum Gasteiger partial charge on any atom is -0.391 e. The molecule has 0 aliphatic heterocycles. The monoisotopic (exact) mass is 276 g/mol. The number of rotatable bonds is 3. The molecule has 0 bridgehead atoms. The Bertz CT molecular complexity index is 519. The van der Waals surface area contributed by atoms with E-state index in [0.717, 1.165) is 31.2 Å². The molecular formula is C15H20N2OS. The SMILES string of the molecule is Cc1ccc(C(=O)NC2(C(N)=S)CCCC2)cc1C. The molecule has 1 aromatic carbocycles. The Morgan fingerprint density at radius 1 is 1.26 bits per heavy atom. The van der Waals surface area contributed by atoms with Gasteiger partial charge in [-0.05, 0) is 49.9 Å². The molecule has 0 saturated heterocycles. The summed E-state index contributed by atoms with van der Waals surface area (Å²) in [4.78, 5) is 12.8. The van der Waals surface area contributed by atoms with Crippen molar-refractivity contribution in [1.29, 1.82) is 0 Å². The lowest BCUT2D eigenvalue weighted by Gasteiger charge is -2.29. The predicted octanol–water partition coefficient (Wildman–Crippen LogP) is 2.63. The number of carbonyl (C=O) groups is 1. The maximum atomic E-state index is 12.3. The molecule has 1 aliphatic carbocycles. The highest BCUT2D eigenvalue weighted by atomic mass is 32.1. The molecule has 0 atom stereocenters. The number of nitrogens with two attached hydrogens (primary N) is 1. The standard InChI is InChI=1S/C15H20N2OS/c1-10-5-6-12(9-11(10)2)13(18)17-15(14(16)19)7-3-4-8-15/h5-6,9H,3-4,7-8H2,1-2H3,(H2,16,19)(H,17,18). The molecule has 0 aromatic heterocycles. The van der Waals surface area contributed by atoms with Crippen molar-refractivity contribution >= 4 is 23.1 Å². The van der Waals surface area contributed by atoms with Gasteiger partial charge in [-0.25, -0.2) is 0 Å². The fraction of sp³-hybridized carbons (Fsp3) is 0.467. The third-order valence-corrected chi connectivity index (χ3v) is 4.44. The van der Waals surface area contributed by atoms with Crippen LogP contribution in [0.1, 0.15) is 47.2 Å². The van der Waals surface area contributed by atoms with Gasteiger partial charge in [-0.2, -0.15) is 0 Å². The lowest BCUT2D eigenvalue weighted by molar-refractivity contribution is 0.0924. The van der Waals surface area contributed by atoms with E-state index < -0.39 is 5.54 Å². The Kier molecular flexibility index (Phi) is 3.90. The number of hydrogen-bond acceptors (Lipinski definition) is 2. The zero-order chi connectivity index (χ0) is 14.0. The average molecular weight is 276 g/mol. The van der Waals surface area contributed by atoms with Crippen molar-refractivity contribution in [2.45, 2.75) is 45.1 Å². The fourth-order valence-corrected chi connectivity index (χ4v) is 2.84. The average Bonchev–Trinajstić information content (AvgIpc) is 2.82. The normalized spacial score (nSPS) is 17.2. The van der Waals surface area contributed by atoms with Crippen molar-refractivity contribution in [1.82, 2.24) is 5.32 Å². The summed E-state index contributed by atoms with van der Waals surface area (Å²) in [5.74, 6) is -0.0854. The lowest BCUT2D eigenvalue weighted by atomic mass is 9.96. The Morgan fingerprint density at radius 3 is 2.42 bits per heavy atom. The topological polar surface area (TPSA) is 55.1 Å². The molecule has 0 spiro atoms. The quantitative estimate of drug-likeness (QED) is 0.834. The zero-order valence-corrected chi connectivity index (χ0v) is 12.3. The first-order valence-electron chi connectivity index (χ1n) is 6.64. The van der Waals surface area contributed by atoms with Gasteiger partial charge in [0.25, 0.3) is 5.91 Å². The Hall–Kier alpha value is -1.42. The van der Waals surface area contributed by atoms with Crippen LogP contribution in [0.2, 0.25) is 0 Å². The van der Waals surface area contributed by atoms with Crippen LogP contribution < -0.4 is 11.1 Å². The largest absolute Gasteiger partial charge is 0.391 e. The van der Waals surface area contributed by atoms with E-state index in [-0.39, 0.29) is 5.91 Å². The van der Waals surface area contributed by atoms with Gasteiger partial charge in [0.2, 0.25) is 0 Å². The Morgan fingerprint density at radius 2 is 1.89 bits per heavy atom. The van der Waals surface area contributed by atoms with Crippen LogP contribution in [0.4, 0.5) is 0 Å². The van der Waals surface area contributed by atoms with Crippen LogP contribution in [0.5, 0.6) is 0 Å². The van der Waals surface area contributed by atoms with Crippen molar-refractivity contribution in [2.24, 2.45) is 5.73 Å². The summed E-state index contributed by atoms with van der Waals surface area (Å²) >= 11 is 5.15. The summed E-state index contributed by atoms with van der Waals surface area (Å²) in [6.45, 7) is 4.04. The van der Waals surface area contributed by atoms with Gasteiger partial charge in [0.1, 0.15) is 0 Å². The first-order valence-corrected chi connectivity index (χ1v) is 7.05. The van der Waals surface area contributed by atoms with Crippen molar-refractivity contribution in [3.63, 3.8) is 0 Å². The van der Waals surface area contributed by atoms with Gasteiger partial charge in [0.05, 0.1) is 10.5 Å². The van der Waals surface area contributed by atoms with Crippen molar-refractivity contribution in [3.8, 4) is 0 Å². The third kappa shape index (κ3) is 2.78. The Balaban J connectivity index is 2.20. The highest BCUT2D eigenvalue weighted by molar-refractivity contribution is 7.80. The first kappa shape index (κ1) is 14.0. The van der Waals surface area contributed by atoms with E-state index in [0.29, 0.717) is 10.6 Å². The maximum absolute atomic E-state index is 12.3. The van der Waals surface area contributed by atoms with Gasteiger partial charge in [-0.1, -0.05) is 31.1 Å². The number of carbonyl (C=O) groups excluding carboxylic acids is 1. The van der Waals surface area contributed by atoms with E-state index >= 15 is 0 Å². The predicted molar refractivity (Wildman–Crippen MR) is 81.4 cm³/mol. The maximum Gasteiger partial charge on any atom is 0.252 e. The van der Waals surface area contributed by atoms with E-state index in [4.69, 9.17) is 18.0 Å². The van der Waals surface area contributed by atoms with Crippen LogP contribution in [-0.2, 0) is 0 Å². The number of amides is 1. The molecule has 102 valence electrons. The van der Waals surface area contributed by atoms with Gasteiger partial charge in [0, 0.05) is 5.56 Å². The van der Waals surface area contributed by atoms with Crippen LogP contribution in [0, 0.1) is 13.8 Å². The summed E-state index contributed by atoms with van der Waals surface area (Å²) in [6, 6.07) is 5.72. The van der Waals surface area contributed by atoms with E-state index in [1.54, 1.807) is 0 Å². The first-order chi connectivity index (χ1) is 8.94. The molecule has 0 unspecified atom stereocenters. The molecule has 3 nitrogen and oxygen atoms in total. The minimum atomic E-state index is -0.481. The molecule has 1 aromatic rings. The summed E-state index contributed by atoms with van der Waals surface area (Å²) in [7, 11) is 0. The van der Waals surface area contributed by atoms with E-state index in [1.165, 1.54) is 5.56 Å². The summed E-state index contributed by atoms with van der Waals surface area (Å²) in [5.41, 5.74) is 8.32. The van der Waals surface area contributed by atoms with Crippen LogP contribution in [0.15, 0.2) is 18.2 Å². The zero-order valence-electron chi connectivity index (χ0n) is 11.5. The molecule has 2 rings (SSSR count). The van der Waals surface area contributed by atoms with Crippen LogP contribution >= 0.6 is 12.2 Å². The summed E-state index contributed by atoms with van der Waals surface area (Å²) in [6.07, 6.45) is 3.81. The van der Waals surface area contributed by atoms with Gasteiger partial charge < -0.3 is 11.1 Å². The molecule has 1 amide bonds. The van der Waals surface area contributed by atoms with Crippen LogP contribution in [0.25, 0.3) is 0 Å². The number of thiocarbonyl (C=S) groups is 1. The van der Waals surface area contributed by atoms with E-state index in [1.807, 2.05) is 32.0 Å². The number of benzene rings is 1. The van der Waals surface area contributed by atoms with Crippen molar-refractivity contribution < 1.29 is 4.79 Å². The molecule has 1 saturated carbocycles. The second-order valence-corrected chi connectivity index (χ2v) is 5.85. The van der Waals surface area contributed by atoms with Gasteiger partial charge >= 0.3 is 0 Å². The van der Waals surface area contributed by atoms with Crippen molar-refractivity contribution in [2.75, 3.05) is 0 Å². The highest BCUT2D eigenvalue weighted by Crippen LogP contribution is 2.30. The fourth-order valence-electron chi connectivity index (χ4n) is 2.58. The molecule has 3 N–H and O–H groups in total. The molecule has 0 radical (unpaired) electrons. The molecule has 1 fully saturated rings. The number of hydrogen-bond donors (Lipinski definition) is 2. The van der Waals surface area contributed by atoms with Crippen LogP contribution in [-0.4, -0.2) is 16.4 Å². The van der Waals surface area contributed by atoms with E-state index in [9.17, 15) is 4.79 Å². The van der Waals surface area contributed by atoms with Gasteiger partial charge in [0.15, 0.2) is 0 Å². The second-order valence-electron chi connectivity index (χ2n) is 5.41. The van der Waals surface area contributed by atoms with Gasteiger partial charge in [-0.3, -0.25) is 4.79 Å². The molecule has 0 heterocycles. The molecular weight excluding hydrogens is 256 g/mol. The van der Waals surface area contributed by atoms with Crippen molar-refractivity contribution in [3.05, 3.63) is 34.9 Å². The molecule has 1 aliphatic rings. The van der Waals surface area contributed by atoms with Gasteiger partial charge in [-0.15, -0.1) is 0 Å². The second kappa shape index (κ2) is 5.29. The number of nitrogens with one attached hydrogen (secondary N) is 1. The van der Waals surface area contributed by atoms with E-state index in [2.05, 4.69) is 5.32 Å². The Labute approximate surface area is 119 Å². The van der Waals surface area contributed by atoms with Crippen LogP contribution in [0.3, 0.4) is 0 Å². The molecule has 19 heavy (non-hydrogen) atoms. The minimum absolute atomic E-state index is 0.0854. The third-order valence-electron chi connectivity index (χ3n) is 4.05. The smallest absolute Gasteiger partial charge is 0.252 e. The lowest BCUT2D eigenvalue weighted by Crippen LogP contribution is -2.54. The summed E-state index contributed by atoms with van der Waals surface area (Å²) in [5, 5.41) is 3.05.